The van der Waals surface area contributed by atoms with Gasteiger partial charge in [-0.15, -0.1) is 0 Å². The number of esters is 2. The van der Waals surface area contributed by atoms with Crippen LogP contribution >= 0.6 is 0 Å². The second kappa shape index (κ2) is 9.18. The summed E-state index contributed by atoms with van der Waals surface area (Å²) >= 11 is 0. The molecule has 1 aromatic carbocycles. The van der Waals surface area contributed by atoms with Gasteiger partial charge in [0.2, 0.25) is 0 Å². The van der Waals surface area contributed by atoms with Gasteiger partial charge in [-0.3, -0.25) is 24.1 Å². The van der Waals surface area contributed by atoms with Crippen LogP contribution in [0.1, 0.15) is 68.7 Å². The van der Waals surface area contributed by atoms with Gasteiger partial charge in [0, 0.05) is 12.6 Å². The average molecular weight is 450 g/mol. The number of hydrogen-bond donors (Lipinski definition) is 0. The molecule has 0 fully saturated rings. The highest BCUT2D eigenvalue weighted by Gasteiger charge is 2.41. The number of carbonyl (C=O) groups is 4. The van der Waals surface area contributed by atoms with Crippen LogP contribution in [0.4, 0.5) is 0 Å². The maximum atomic E-state index is 12.9. The van der Waals surface area contributed by atoms with E-state index >= 15 is 0 Å². The largest absolute Gasteiger partial charge is 0.497 e. The zero-order chi connectivity index (χ0) is 24.4. The van der Waals surface area contributed by atoms with Crippen LogP contribution in [0.25, 0.3) is 0 Å². The van der Waals surface area contributed by atoms with Crippen LogP contribution in [0.3, 0.4) is 0 Å². The Morgan fingerprint density at radius 3 is 1.84 bits per heavy atom. The van der Waals surface area contributed by atoms with Crippen molar-refractivity contribution in [3.63, 3.8) is 0 Å². The summed E-state index contributed by atoms with van der Waals surface area (Å²) in [5.74, 6) is -3.41. The summed E-state index contributed by atoms with van der Waals surface area (Å²) in [6, 6.07) is 2.97. The monoisotopic (exact) mass is 449 g/mol. The van der Waals surface area contributed by atoms with E-state index in [9.17, 15) is 19.2 Å². The Morgan fingerprint density at radius 2 is 1.41 bits per heavy atom. The van der Waals surface area contributed by atoms with Gasteiger partial charge in [0.15, 0.2) is 5.92 Å². The number of hydrogen-bond acceptors (Lipinski definition) is 8. The van der Waals surface area contributed by atoms with Gasteiger partial charge in [0.05, 0.1) is 25.3 Å². The second-order valence-electron chi connectivity index (χ2n) is 9.42. The van der Waals surface area contributed by atoms with Gasteiger partial charge in [0.1, 0.15) is 22.7 Å². The number of imide groups is 1. The highest BCUT2D eigenvalue weighted by atomic mass is 16.6. The van der Waals surface area contributed by atoms with E-state index in [0.29, 0.717) is 5.75 Å². The molecule has 0 bridgehead atoms. The predicted octanol–water partition coefficient (Wildman–Crippen LogP) is 2.99. The van der Waals surface area contributed by atoms with Crippen LogP contribution in [0.15, 0.2) is 12.1 Å². The lowest BCUT2D eigenvalue weighted by Crippen LogP contribution is -2.40. The van der Waals surface area contributed by atoms with Crippen molar-refractivity contribution in [2.75, 3.05) is 20.8 Å². The van der Waals surface area contributed by atoms with Crippen molar-refractivity contribution in [3.05, 3.63) is 23.3 Å². The van der Waals surface area contributed by atoms with Crippen molar-refractivity contribution in [2.24, 2.45) is 5.92 Å². The lowest BCUT2D eigenvalue weighted by molar-refractivity contribution is -0.174. The van der Waals surface area contributed by atoms with Gasteiger partial charge in [-0.2, -0.15) is 0 Å². The smallest absolute Gasteiger partial charge is 0.320 e. The SMILES string of the molecule is COc1cc(OC)c2c(c1)C(=O)N(CCC(C(=O)OC(C)(C)C)C(=O)OC(C)(C)C)C2=O. The first-order chi connectivity index (χ1) is 14.7. The normalized spacial score (nSPS) is 13.8. The first-order valence-corrected chi connectivity index (χ1v) is 10.3. The molecule has 1 aromatic rings. The molecular formula is C23H31NO8. The third-order valence-electron chi connectivity index (χ3n) is 4.49. The topological polar surface area (TPSA) is 108 Å². The molecule has 0 radical (unpaired) electrons. The van der Waals surface area contributed by atoms with E-state index in [1.54, 1.807) is 41.5 Å². The van der Waals surface area contributed by atoms with E-state index < -0.39 is 40.9 Å². The zero-order valence-corrected chi connectivity index (χ0v) is 19.9. The molecule has 0 saturated carbocycles. The molecule has 2 amide bonds. The average Bonchev–Trinajstić information content (AvgIpc) is 2.89. The number of amides is 2. The second-order valence-corrected chi connectivity index (χ2v) is 9.42. The Bertz CT molecular complexity index is 895. The van der Waals surface area contributed by atoms with E-state index in [4.69, 9.17) is 18.9 Å². The fraction of sp³-hybridized carbons (Fsp3) is 0.565. The molecule has 1 aliphatic heterocycles. The third kappa shape index (κ3) is 5.77. The number of carbonyl (C=O) groups excluding carboxylic acids is 4. The van der Waals surface area contributed by atoms with Gasteiger partial charge in [-0.25, -0.2) is 0 Å². The summed E-state index contributed by atoms with van der Waals surface area (Å²) in [5, 5.41) is 0. The van der Waals surface area contributed by atoms with Gasteiger partial charge in [-0.1, -0.05) is 0 Å². The maximum absolute atomic E-state index is 12.9. The van der Waals surface area contributed by atoms with Crippen LogP contribution in [0.5, 0.6) is 11.5 Å². The minimum Gasteiger partial charge on any atom is -0.497 e. The molecule has 0 saturated heterocycles. The molecule has 0 unspecified atom stereocenters. The molecule has 2 rings (SSSR count). The van der Waals surface area contributed by atoms with E-state index in [0.717, 1.165) is 4.90 Å². The Kier molecular flexibility index (Phi) is 7.22. The van der Waals surface area contributed by atoms with Gasteiger partial charge < -0.3 is 18.9 Å². The Labute approximate surface area is 187 Å². The molecule has 0 N–H and O–H groups in total. The van der Waals surface area contributed by atoms with Gasteiger partial charge in [-0.05, 0) is 54.0 Å². The molecule has 0 atom stereocenters. The lowest BCUT2D eigenvalue weighted by Gasteiger charge is -2.27. The standard InChI is InChI=1S/C23H31NO8/c1-22(2,3)31-20(27)14(21(28)32-23(4,5)6)9-10-24-18(25)15-11-13(29-7)12-16(30-8)17(15)19(24)26/h11-12,14H,9-10H2,1-8H3. The number of benzene rings is 1. The van der Waals surface area contributed by atoms with Crippen molar-refractivity contribution in [1.82, 2.24) is 4.90 Å². The third-order valence-corrected chi connectivity index (χ3v) is 4.49. The molecule has 1 heterocycles. The predicted molar refractivity (Wildman–Crippen MR) is 115 cm³/mol. The summed E-state index contributed by atoms with van der Waals surface area (Å²) < 4.78 is 21.2. The van der Waals surface area contributed by atoms with Gasteiger partial charge in [0.25, 0.3) is 11.8 Å². The molecule has 32 heavy (non-hydrogen) atoms. The molecule has 9 heteroatoms. The fourth-order valence-corrected chi connectivity index (χ4v) is 3.17. The molecule has 0 aliphatic carbocycles. The Hall–Kier alpha value is -3.10. The van der Waals surface area contributed by atoms with Crippen molar-refractivity contribution < 1.29 is 38.1 Å². The Morgan fingerprint density at radius 1 is 0.875 bits per heavy atom. The highest BCUT2D eigenvalue weighted by molar-refractivity contribution is 6.22. The van der Waals surface area contributed by atoms with E-state index in [-0.39, 0.29) is 29.8 Å². The summed E-state index contributed by atoms with van der Waals surface area (Å²) in [7, 11) is 2.82. The summed E-state index contributed by atoms with van der Waals surface area (Å²) in [6.45, 7) is 9.91. The van der Waals surface area contributed by atoms with Crippen molar-refractivity contribution in [2.45, 2.75) is 59.2 Å². The number of rotatable bonds is 7. The minimum atomic E-state index is -1.30. The van der Waals surface area contributed by atoms with Crippen LogP contribution in [-0.4, -0.2) is 60.6 Å². The maximum Gasteiger partial charge on any atom is 0.320 e. The quantitative estimate of drug-likeness (QED) is 0.355. The van der Waals surface area contributed by atoms with Gasteiger partial charge >= 0.3 is 11.9 Å². The highest BCUT2D eigenvalue weighted by Crippen LogP contribution is 2.35. The number of nitrogens with zero attached hydrogens (tertiary/aromatic N) is 1. The van der Waals surface area contributed by atoms with Crippen LogP contribution in [-0.2, 0) is 19.1 Å². The van der Waals surface area contributed by atoms with E-state index in [1.807, 2.05) is 0 Å². The van der Waals surface area contributed by atoms with Crippen LogP contribution < -0.4 is 9.47 Å². The van der Waals surface area contributed by atoms with Crippen molar-refractivity contribution in [1.29, 1.82) is 0 Å². The molecule has 0 aromatic heterocycles. The lowest BCUT2D eigenvalue weighted by atomic mass is 10.0. The minimum absolute atomic E-state index is 0.115. The van der Waals surface area contributed by atoms with Crippen molar-refractivity contribution >= 4 is 23.8 Å². The molecule has 9 nitrogen and oxygen atoms in total. The number of methoxy groups -OCH3 is 2. The van der Waals surface area contributed by atoms with Crippen LogP contribution in [0.2, 0.25) is 0 Å². The molecular weight excluding hydrogens is 418 g/mol. The summed E-state index contributed by atoms with van der Waals surface area (Å²) in [6.07, 6.45) is -0.144. The summed E-state index contributed by atoms with van der Waals surface area (Å²) in [5.41, 5.74) is -1.39. The number of ether oxygens (including phenoxy) is 4. The van der Waals surface area contributed by atoms with E-state index in [2.05, 4.69) is 0 Å². The molecule has 1 aliphatic rings. The number of fused-ring (bicyclic) bond motifs is 1. The zero-order valence-electron chi connectivity index (χ0n) is 19.9. The van der Waals surface area contributed by atoms with Crippen LogP contribution in [0, 0.1) is 5.92 Å². The summed E-state index contributed by atoms with van der Waals surface area (Å²) in [4.78, 5) is 52.3. The fourth-order valence-electron chi connectivity index (χ4n) is 3.17. The Balaban J connectivity index is 2.28. The molecule has 0 spiro atoms. The van der Waals surface area contributed by atoms with E-state index in [1.165, 1.54) is 26.4 Å². The van der Waals surface area contributed by atoms with Crippen molar-refractivity contribution in [3.8, 4) is 11.5 Å². The first kappa shape index (κ1) is 25.2. The molecule has 176 valence electrons. The first-order valence-electron chi connectivity index (χ1n) is 10.3.